The molecule has 0 bridgehead atoms. The monoisotopic (exact) mass is 284 g/mol. The number of aryl methyl sites for hydroxylation is 1. The van der Waals surface area contributed by atoms with Gasteiger partial charge < -0.3 is 5.32 Å². The van der Waals surface area contributed by atoms with Gasteiger partial charge in [0.05, 0.1) is 0 Å². The Balaban J connectivity index is 1.73. The summed E-state index contributed by atoms with van der Waals surface area (Å²) in [5.41, 5.74) is 3.03. The summed E-state index contributed by atoms with van der Waals surface area (Å²) in [4.78, 5) is 4.40. The zero-order chi connectivity index (χ0) is 14.7. The van der Waals surface area contributed by atoms with E-state index in [4.69, 9.17) is 0 Å². The second kappa shape index (κ2) is 6.39. The van der Waals surface area contributed by atoms with Crippen LogP contribution in [-0.2, 0) is 26.3 Å². The van der Waals surface area contributed by atoms with E-state index in [1.807, 2.05) is 11.7 Å². The lowest BCUT2D eigenvalue weighted by atomic mass is 9.93. The Hall–Kier alpha value is -1.68. The van der Waals surface area contributed by atoms with E-state index in [0.717, 1.165) is 25.2 Å². The van der Waals surface area contributed by atoms with Crippen LogP contribution < -0.4 is 5.32 Å². The van der Waals surface area contributed by atoms with E-state index < -0.39 is 0 Å². The van der Waals surface area contributed by atoms with Crippen LogP contribution in [0.5, 0.6) is 0 Å². The van der Waals surface area contributed by atoms with Crippen molar-refractivity contribution in [3.8, 4) is 0 Å². The maximum absolute atomic E-state index is 4.40. The number of hydrogen-bond acceptors (Lipinski definition) is 3. The van der Waals surface area contributed by atoms with Gasteiger partial charge in [0.1, 0.15) is 12.2 Å². The topological polar surface area (TPSA) is 42.7 Å². The van der Waals surface area contributed by atoms with Crippen LogP contribution in [0.2, 0.25) is 0 Å². The number of nitrogens with zero attached hydrogens (tertiary/aromatic N) is 3. The molecule has 1 aliphatic rings. The molecular weight excluding hydrogens is 260 g/mol. The lowest BCUT2D eigenvalue weighted by Crippen LogP contribution is -2.39. The predicted molar refractivity (Wildman–Crippen MR) is 84.1 cm³/mol. The minimum atomic E-state index is 0.472. The van der Waals surface area contributed by atoms with Crippen LogP contribution in [0.25, 0.3) is 0 Å². The lowest BCUT2D eigenvalue weighted by molar-refractivity contribution is 0.353. The summed E-state index contributed by atoms with van der Waals surface area (Å²) in [5, 5.41) is 7.92. The summed E-state index contributed by atoms with van der Waals surface area (Å²) >= 11 is 0. The van der Waals surface area contributed by atoms with Crippen LogP contribution >= 0.6 is 0 Å². The van der Waals surface area contributed by atoms with Crippen LogP contribution in [0.4, 0.5) is 0 Å². The van der Waals surface area contributed by atoms with E-state index in [0.29, 0.717) is 12.0 Å². The van der Waals surface area contributed by atoms with Gasteiger partial charge in [-0.15, -0.1) is 0 Å². The molecule has 1 aromatic heterocycles. The molecule has 1 heterocycles. The third-order valence-electron chi connectivity index (χ3n) is 4.52. The number of nitrogens with one attached hydrogen (secondary N) is 1. The summed E-state index contributed by atoms with van der Waals surface area (Å²) in [5.74, 6) is 1.73. The Morgan fingerprint density at radius 3 is 2.57 bits per heavy atom. The fourth-order valence-corrected chi connectivity index (χ4v) is 3.31. The number of aromatic nitrogens is 3. The average molecular weight is 284 g/mol. The van der Waals surface area contributed by atoms with Crippen LogP contribution in [0.1, 0.15) is 30.3 Å². The predicted octanol–water partition coefficient (Wildman–Crippen LogP) is 2.14. The molecule has 2 aromatic rings. The van der Waals surface area contributed by atoms with Crippen molar-refractivity contribution in [3.05, 3.63) is 47.5 Å². The first-order valence-electron chi connectivity index (χ1n) is 7.91. The van der Waals surface area contributed by atoms with Crippen molar-refractivity contribution in [2.24, 2.45) is 13.0 Å². The molecule has 0 aliphatic heterocycles. The molecule has 0 saturated heterocycles. The first-order valence-corrected chi connectivity index (χ1v) is 7.91. The highest BCUT2D eigenvalue weighted by Gasteiger charge is 2.29. The van der Waals surface area contributed by atoms with Gasteiger partial charge in [-0.2, -0.15) is 5.10 Å². The molecule has 1 aliphatic carbocycles. The molecule has 0 fully saturated rings. The largest absolute Gasteiger partial charge is 0.313 e. The molecule has 0 saturated carbocycles. The molecule has 3 rings (SSSR count). The highest BCUT2D eigenvalue weighted by Crippen LogP contribution is 2.29. The van der Waals surface area contributed by atoms with Gasteiger partial charge in [0.2, 0.25) is 0 Å². The zero-order valence-corrected chi connectivity index (χ0v) is 12.9. The first-order chi connectivity index (χ1) is 10.3. The van der Waals surface area contributed by atoms with Crippen molar-refractivity contribution in [2.75, 3.05) is 6.54 Å². The zero-order valence-electron chi connectivity index (χ0n) is 12.9. The van der Waals surface area contributed by atoms with Crippen molar-refractivity contribution in [2.45, 2.75) is 38.6 Å². The van der Waals surface area contributed by atoms with Crippen molar-refractivity contribution < 1.29 is 0 Å². The van der Waals surface area contributed by atoms with Gasteiger partial charge in [-0.05, 0) is 42.9 Å². The second-order valence-corrected chi connectivity index (χ2v) is 6.00. The van der Waals surface area contributed by atoms with E-state index in [1.54, 1.807) is 6.33 Å². The van der Waals surface area contributed by atoms with Crippen LogP contribution in [-0.4, -0.2) is 27.4 Å². The Kier molecular flexibility index (Phi) is 4.34. The molecule has 21 heavy (non-hydrogen) atoms. The standard InChI is InChI=1S/C17H24N4/c1-3-8-18-16(11-17-19-12-20-21(17)2)15-9-13-6-4-5-7-14(13)10-15/h4-7,12,15-16,18H,3,8-11H2,1-2H3. The SMILES string of the molecule is CCCNC(Cc1ncnn1C)C1Cc2ccccc2C1. The molecule has 4 heteroatoms. The Labute approximate surface area is 126 Å². The Morgan fingerprint density at radius 2 is 2.00 bits per heavy atom. The summed E-state index contributed by atoms with van der Waals surface area (Å²) in [6, 6.07) is 9.32. The lowest BCUT2D eigenvalue weighted by Gasteiger charge is -2.24. The quantitative estimate of drug-likeness (QED) is 0.884. The smallest absolute Gasteiger partial charge is 0.138 e. The third-order valence-corrected chi connectivity index (χ3v) is 4.52. The van der Waals surface area contributed by atoms with Crippen molar-refractivity contribution >= 4 is 0 Å². The normalized spacial score (nSPS) is 16.1. The van der Waals surface area contributed by atoms with Crippen LogP contribution in [0.15, 0.2) is 30.6 Å². The maximum Gasteiger partial charge on any atom is 0.138 e. The molecule has 0 radical (unpaired) electrons. The second-order valence-electron chi connectivity index (χ2n) is 6.00. The number of fused-ring (bicyclic) bond motifs is 1. The summed E-state index contributed by atoms with van der Waals surface area (Å²) in [7, 11) is 1.97. The minimum absolute atomic E-state index is 0.472. The van der Waals surface area contributed by atoms with E-state index in [2.05, 4.69) is 46.6 Å². The van der Waals surface area contributed by atoms with E-state index >= 15 is 0 Å². The van der Waals surface area contributed by atoms with Gasteiger partial charge in [-0.3, -0.25) is 4.68 Å². The fraction of sp³-hybridized carbons (Fsp3) is 0.529. The summed E-state index contributed by atoms with van der Waals surface area (Å²) in [6.45, 7) is 3.28. The minimum Gasteiger partial charge on any atom is -0.313 e. The number of hydrogen-bond donors (Lipinski definition) is 1. The molecule has 0 spiro atoms. The first kappa shape index (κ1) is 14.3. The Morgan fingerprint density at radius 1 is 1.29 bits per heavy atom. The molecule has 0 amide bonds. The van der Waals surface area contributed by atoms with Crippen molar-refractivity contribution in [3.63, 3.8) is 0 Å². The number of rotatable bonds is 6. The van der Waals surface area contributed by atoms with Crippen molar-refractivity contribution in [1.29, 1.82) is 0 Å². The molecule has 4 nitrogen and oxygen atoms in total. The van der Waals surface area contributed by atoms with Crippen LogP contribution in [0.3, 0.4) is 0 Å². The van der Waals surface area contributed by atoms with Gasteiger partial charge in [0.15, 0.2) is 0 Å². The molecule has 1 aromatic carbocycles. The van der Waals surface area contributed by atoms with Gasteiger partial charge in [0.25, 0.3) is 0 Å². The highest BCUT2D eigenvalue weighted by molar-refractivity contribution is 5.32. The van der Waals surface area contributed by atoms with E-state index in [9.17, 15) is 0 Å². The average Bonchev–Trinajstić information content (AvgIpc) is 3.09. The molecular formula is C17H24N4. The maximum atomic E-state index is 4.40. The van der Waals surface area contributed by atoms with E-state index in [1.165, 1.54) is 24.0 Å². The fourth-order valence-electron chi connectivity index (χ4n) is 3.31. The highest BCUT2D eigenvalue weighted by atomic mass is 15.3. The Bertz CT molecular complexity index is 565. The van der Waals surface area contributed by atoms with Gasteiger partial charge in [-0.1, -0.05) is 31.2 Å². The number of benzene rings is 1. The van der Waals surface area contributed by atoms with Crippen molar-refractivity contribution in [1.82, 2.24) is 20.1 Å². The summed E-state index contributed by atoms with van der Waals surface area (Å²) in [6.07, 6.45) is 6.12. The van der Waals surface area contributed by atoms with Gasteiger partial charge >= 0.3 is 0 Å². The molecule has 1 atom stereocenters. The van der Waals surface area contributed by atoms with Crippen LogP contribution in [0, 0.1) is 5.92 Å². The molecule has 1 unspecified atom stereocenters. The van der Waals surface area contributed by atoms with E-state index in [-0.39, 0.29) is 0 Å². The molecule has 1 N–H and O–H groups in total. The summed E-state index contributed by atoms with van der Waals surface area (Å²) < 4.78 is 1.89. The van der Waals surface area contributed by atoms with Gasteiger partial charge in [-0.25, -0.2) is 4.98 Å². The van der Waals surface area contributed by atoms with Gasteiger partial charge in [0, 0.05) is 19.5 Å². The third kappa shape index (κ3) is 3.16. The molecule has 112 valence electrons.